The van der Waals surface area contributed by atoms with Crippen molar-refractivity contribution in [2.24, 2.45) is 7.05 Å². The maximum absolute atomic E-state index is 5.30. The largest absolute Gasteiger partial charge is 0.381 e. The molecule has 0 atom stereocenters. The third-order valence-electron chi connectivity index (χ3n) is 2.42. The standard InChI is InChI=1S/C12H16N4OS/c1-3-17-7-8-18-12-15-14-11(16(12)2)10-5-4-6-13-9-10/h4-6,9H,3,7-8H2,1-2H3. The Bertz CT molecular complexity index is 486. The van der Waals surface area contributed by atoms with Crippen molar-refractivity contribution in [1.82, 2.24) is 19.7 Å². The van der Waals surface area contributed by atoms with E-state index in [2.05, 4.69) is 15.2 Å². The second kappa shape index (κ2) is 6.51. The Hall–Kier alpha value is -1.40. The van der Waals surface area contributed by atoms with E-state index in [1.807, 2.05) is 30.7 Å². The summed E-state index contributed by atoms with van der Waals surface area (Å²) in [5.74, 6) is 1.72. The molecule has 0 saturated carbocycles. The zero-order valence-electron chi connectivity index (χ0n) is 10.5. The molecule has 18 heavy (non-hydrogen) atoms. The van der Waals surface area contributed by atoms with Crippen molar-refractivity contribution in [1.29, 1.82) is 0 Å². The molecule has 0 unspecified atom stereocenters. The molecule has 2 aromatic heterocycles. The predicted molar refractivity (Wildman–Crippen MR) is 71.5 cm³/mol. The van der Waals surface area contributed by atoms with Crippen molar-refractivity contribution in [3.8, 4) is 11.4 Å². The SMILES string of the molecule is CCOCCSc1nnc(-c2cccnc2)n1C. The first-order chi connectivity index (χ1) is 8.83. The van der Waals surface area contributed by atoms with Crippen LogP contribution in [0.5, 0.6) is 0 Å². The van der Waals surface area contributed by atoms with Gasteiger partial charge in [-0.3, -0.25) is 4.98 Å². The summed E-state index contributed by atoms with van der Waals surface area (Å²) < 4.78 is 7.28. The van der Waals surface area contributed by atoms with Crippen LogP contribution in [0.15, 0.2) is 29.7 Å². The Morgan fingerprint density at radius 3 is 3.00 bits per heavy atom. The molecule has 6 heteroatoms. The van der Waals surface area contributed by atoms with Gasteiger partial charge in [0.2, 0.25) is 0 Å². The van der Waals surface area contributed by atoms with E-state index in [4.69, 9.17) is 4.74 Å². The summed E-state index contributed by atoms with van der Waals surface area (Å²) >= 11 is 1.65. The van der Waals surface area contributed by atoms with Crippen molar-refractivity contribution < 1.29 is 4.74 Å². The van der Waals surface area contributed by atoms with Crippen molar-refractivity contribution in [2.45, 2.75) is 12.1 Å². The van der Waals surface area contributed by atoms with Crippen LogP contribution < -0.4 is 0 Å². The fourth-order valence-electron chi connectivity index (χ4n) is 1.52. The molecule has 0 N–H and O–H groups in total. The van der Waals surface area contributed by atoms with Gasteiger partial charge in [-0.2, -0.15) is 0 Å². The number of aromatic nitrogens is 4. The fraction of sp³-hybridized carbons (Fsp3) is 0.417. The Morgan fingerprint density at radius 1 is 1.39 bits per heavy atom. The molecule has 2 rings (SSSR count). The van der Waals surface area contributed by atoms with Crippen LogP contribution in [0.2, 0.25) is 0 Å². The molecular weight excluding hydrogens is 248 g/mol. The van der Waals surface area contributed by atoms with Gasteiger partial charge in [-0.1, -0.05) is 11.8 Å². The van der Waals surface area contributed by atoms with Crippen LogP contribution in [-0.2, 0) is 11.8 Å². The Morgan fingerprint density at radius 2 is 2.28 bits per heavy atom. The highest BCUT2D eigenvalue weighted by Gasteiger charge is 2.10. The van der Waals surface area contributed by atoms with Crippen LogP contribution in [0.1, 0.15) is 6.92 Å². The summed E-state index contributed by atoms with van der Waals surface area (Å²) in [6, 6.07) is 3.87. The minimum atomic E-state index is 0.732. The average molecular weight is 264 g/mol. The number of thioether (sulfide) groups is 1. The van der Waals surface area contributed by atoms with E-state index in [-0.39, 0.29) is 0 Å². The maximum atomic E-state index is 5.30. The van der Waals surface area contributed by atoms with Crippen molar-refractivity contribution in [2.75, 3.05) is 19.0 Å². The Labute approximate surface area is 111 Å². The van der Waals surface area contributed by atoms with Crippen LogP contribution in [0.25, 0.3) is 11.4 Å². The molecule has 0 radical (unpaired) electrons. The molecule has 0 aromatic carbocycles. The van der Waals surface area contributed by atoms with Gasteiger partial charge < -0.3 is 9.30 Å². The van der Waals surface area contributed by atoms with E-state index in [0.29, 0.717) is 0 Å². The van der Waals surface area contributed by atoms with Gasteiger partial charge in [0.05, 0.1) is 6.61 Å². The predicted octanol–water partition coefficient (Wildman–Crippen LogP) is 2.01. The molecule has 0 amide bonds. The highest BCUT2D eigenvalue weighted by molar-refractivity contribution is 7.99. The first-order valence-corrected chi connectivity index (χ1v) is 6.81. The first-order valence-electron chi connectivity index (χ1n) is 5.83. The van der Waals surface area contributed by atoms with Gasteiger partial charge in [-0.25, -0.2) is 0 Å². The van der Waals surface area contributed by atoms with E-state index < -0.39 is 0 Å². The van der Waals surface area contributed by atoms with Crippen LogP contribution in [0.3, 0.4) is 0 Å². The lowest BCUT2D eigenvalue weighted by molar-refractivity contribution is 0.164. The Kier molecular flexibility index (Phi) is 4.72. The molecule has 2 aromatic rings. The van der Waals surface area contributed by atoms with E-state index in [9.17, 15) is 0 Å². The van der Waals surface area contributed by atoms with Gasteiger partial charge in [0, 0.05) is 37.4 Å². The zero-order valence-corrected chi connectivity index (χ0v) is 11.4. The molecule has 0 bridgehead atoms. The Balaban J connectivity index is 2.05. The highest BCUT2D eigenvalue weighted by atomic mass is 32.2. The molecular formula is C12H16N4OS. The number of ether oxygens (including phenoxy) is 1. The number of rotatable bonds is 6. The molecule has 0 saturated heterocycles. The topological polar surface area (TPSA) is 52.8 Å². The molecule has 0 aliphatic heterocycles. The highest BCUT2D eigenvalue weighted by Crippen LogP contribution is 2.21. The second-order valence-corrected chi connectivity index (χ2v) is 4.71. The van der Waals surface area contributed by atoms with E-state index in [0.717, 1.165) is 35.5 Å². The smallest absolute Gasteiger partial charge is 0.191 e. The van der Waals surface area contributed by atoms with E-state index >= 15 is 0 Å². The lowest BCUT2D eigenvalue weighted by Crippen LogP contribution is -1.99. The van der Waals surface area contributed by atoms with Crippen LogP contribution in [-0.4, -0.2) is 38.7 Å². The fourth-order valence-corrected chi connectivity index (χ4v) is 2.29. The third kappa shape index (κ3) is 3.08. The first kappa shape index (κ1) is 13.0. The molecule has 0 aliphatic carbocycles. The zero-order chi connectivity index (χ0) is 12.8. The summed E-state index contributed by atoms with van der Waals surface area (Å²) in [6.07, 6.45) is 3.54. The molecule has 0 fully saturated rings. The van der Waals surface area contributed by atoms with Crippen molar-refractivity contribution in [3.05, 3.63) is 24.5 Å². The number of pyridine rings is 1. The van der Waals surface area contributed by atoms with Crippen molar-refractivity contribution in [3.63, 3.8) is 0 Å². The lowest BCUT2D eigenvalue weighted by Gasteiger charge is -2.03. The quantitative estimate of drug-likeness (QED) is 0.590. The number of nitrogens with zero attached hydrogens (tertiary/aromatic N) is 4. The third-order valence-corrected chi connectivity index (χ3v) is 3.40. The van der Waals surface area contributed by atoms with Crippen LogP contribution in [0, 0.1) is 0 Å². The van der Waals surface area contributed by atoms with Gasteiger partial charge >= 0.3 is 0 Å². The van der Waals surface area contributed by atoms with Gasteiger partial charge in [-0.15, -0.1) is 10.2 Å². The van der Waals surface area contributed by atoms with Gasteiger partial charge in [0.1, 0.15) is 0 Å². The summed E-state index contributed by atoms with van der Waals surface area (Å²) in [5, 5.41) is 9.28. The van der Waals surface area contributed by atoms with Crippen LogP contribution >= 0.6 is 11.8 Å². The molecule has 0 spiro atoms. The summed E-state index contributed by atoms with van der Waals surface area (Å²) in [7, 11) is 1.96. The molecule has 2 heterocycles. The number of hydrogen-bond acceptors (Lipinski definition) is 5. The monoisotopic (exact) mass is 264 g/mol. The minimum absolute atomic E-state index is 0.732. The van der Waals surface area contributed by atoms with Crippen LogP contribution in [0.4, 0.5) is 0 Å². The summed E-state index contributed by atoms with van der Waals surface area (Å²) in [4.78, 5) is 4.09. The normalized spacial score (nSPS) is 10.8. The second-order valence-electron chi connectivity index (χ2n) is 3.65. The molecule has 96 valence electrons. The van der Waals surface area contributed by atoms with E-state index in [1.54, 1.807) is 24.2 Å². The minimum Gasteiger partial charge on any atom is -0.381 e. The molecule has 0 aliphatic rings. The average Bonchev–Trinajstić information content (AvgIpc) is 2.77. The maximum Gasteiger partial charge on any atom is 0.191 e. The molecule has 5 nitrogen and oxygen atoms in total. The van der Waals surface area contributed by atoms with Crippen molar-refractivity contribution >= 4 is 11.8 Å². The van der Waals surface area contributed by atoms with E-state index in [1.165, 1.54) is 0 Å². The number of hydrogen-bond donors (Lipinski definition) is 0. The summed E-state index contributed by atoms with van der Waals surface area (Å²) in [5.41, 5.74) is 0.976. The lowest BCUT2D eigenvalue weighted by atomic mass is 10.3. The van der Waals surface area contributed by atoms with Gasteiger partial charge in [0.15, 0.2) is 11.0 Å². The van der Waals surface area contributed by atoms with Gasteiger partial charge in [-0.05, 0) is 19.1 Å². The summed E-state index contributed by atoms with van der Waals surface area (Å²) in [6.45, 7) is 3.48. The van der Waals surface area contributed by atoms with Gasteiger partial charge in [0.25, 0.3) is 0 Å².